The molecule has 120 valence electrons. The van der Waals surface area contributed by atoms with Crippen molar-refractivity contribution in [2.75, 3.05) is 47.5 Å². The van der Waals surface area contributed by atoms with Crippen molar-refractivity contribution in [3.8, 4) is 17.2 Å². The number of hydrogen-bond donors (Lipinski definition) is 1. The fourth-order valence-corrected chi connectivity index (χ4v) is 2.59. The van der Waals surface area contributed by atoms with Gasteiger partial charge in [0.15, 0.2) is 11.5 Å². The maximum atomic E-state index is 5.54. The summed E-state index contributed by atoms with van der Waals surface area (Å²) in [5, 5.41) is 3.41. The molecule has 0 radical (unpaired) electrons. The molecule has 0 amide bonds. The predicted octanol–water partition coefficient (Wildman–Crippen LogP) is 1.93. The van der Waals surface area contributed by atoms with Crippen LogP contribution >= 0.6 is 12.4 Å². The Morgan fingerprint density at radius 1 is 1.00 bits per heavy atom. The molecule has 0 saturated carbocycles. The van der Waals surface area contributed by atoms with Crippen molar-refractivity contribution >= 4 is 12.4 Å². The summed E-state index contributed by atoms with van der Waals surface area (Å²) in [6.07, 6.45) is 1.18. The summed E-state index contributed by atoms with van der Waals surface area (Å²) >= 11 is 0. The van der Waals surface area contributed by atoms with Crippen LogP contribution in [0.2, 0.25) is 0 Å². The van der Waals surface area contributed by atoms with E-state index in [0.717, 1.165) is 44.0 Å². The van der Waals surface area contributed by atoms with Crippen LogP contribution in [-0.4, -0.2) is 52.4 Å². The molecule has 1 fully saturated rings. The van der Waals surface area contributed by atoms with Crippen molar-refractivity contribution in [1.82, 2.24) is 10.2 Å². The van der Waals surface area contributed by atoms with Crippen molar-refractivity contribution in [1.29, 1.82) is 0 Å². The highest BCUT2D eigenvalue weighted by Crippen LogP contribution is 2.40. The van der Waals surface area contributed by atoms with Gasteiger partial charge in [0.25, 0.3) is 0 Å². The Kier molecular flexibility index (Phi) is 7.64. The van der Waals surface area contributed by atoms with E-state index in [9.17, 15) is 0 Å². The van der Waals surface area contributed by atoms with Crippen LogP contribution in [0.25, 0.3) is 0 Å². The van der Waals surface area contributed by atoms with Gasteiger partial charge in [-0.1, -0.05) is 6.07 Å². The first-order valence-corrected chi connectivity index (χ1v) is 7.01. The van der Waals surface area contributed by atoms with Gasteiger partial charge in [0.05, 0.1) is 21.3 Å². The Balaban J connectivity index is 0.00000220. The van der Waals surface area contributed by atoms with Crippen LogP contribution in [-0.2, 0) is 6.54 Å². The van der Waals surface area contributed by atoms with E-state index in [-0.39, 0.29) is 12.4 Å². The van der Waals surface area contributed by atoms with Crippen LogP contribution in [0.5, 0.6) is 17.2 Å². The summed E-state index contributed by atoms with van der Waals surface area (Å²) in [4.78, 5) is 2.43. The molecular weight excluding hydrogens is 292 g/mol. The quantitative estimate of drug-likeness (QED) is 0.899. The van der Waals surface area contributed by atoms with Crippen LogP contribution < -0.4 is 19.5 Å². The second-order valence-electron chi connectivity index (χ2n) is 4.87. The maximum absolute atomic E-state index is 5.54. The first-order valence-electron chi connectivity index (χ1n) is 7.01. The van der Waals surface area contributed by atoms with Crippen molar-refractivity contribution in [2.24, 2.45) is 0 Å². The third-order valence-electron chi connectivity index (χ3n) is 3.61. The number of nitrogens with zero attached hydrogens (tertiary/aromatic N) is 1. The van der Waals surface area contributed by atoms with E-state index in [2.05, 4.69) is 16.3 Å². The first kappa shape index (κ1) is 17.9. The minimum Gasteiger partial charge on any atom is -0.493 e. The number of rotatable bonds is 5. The Labute approximate surface area is 133 Å². The molecule has 0 unspecified atom stereocenters. The van der Waals surface area contributed by atoms with E-state index in [4.69, 9.17) is 14.2 Å². The zero-order valence-electron chi connectivity index (χ0n) is 13.0. The lowest BCUT2D eigenvalue weighted by Crippen LogP contribution is -2.27. The molecule has 2 rings (SSSR count). The first-order chi connectivity index (χ1) is 9.80. The van der Waals surface area contributed by atoms with E-state index in [0.29, 0.717) is 11.5 Å². The molecule has 1 aromatic carbocycles. The number of methoxy groups -OCH3 is 3. The number of benzene rings is 1. The van der Waals surface area contributed by atoms with Crippen molar-refractivity contribution in [3.63, 3.8) is 0 Å². The smallest absolute Gasteiger partial charge is 0.203 e. The molecule has 1 N–H and O–H groups in total. The van der Waals surface area contributed by atoms with Gasteiger partial charge in [0.1, 0.15) is 0 Å². The van der Waals surface area contributed by atoms with E-state index in [1.54, 1.807) is 21.3 Å². The van der Waals surface area contributed by atoms with E-state index >= 15 is 0 Å². The monoisotopic (exact) mass is 316 g/mol. The number of hydrogen-bond acceptors (Lipinski definition) is 5. The summed E-state index contributed by atoms with van der Waals surface area (Å²) in [7, 11) is 4.95. The van der Waals surface area contributed by atoms with Crippen LogP contribution in [0.4, 0.5) is 0 Å². The van der Waals surface area contributed by atoms with Gasteiger partial charge in [-0.15, -0.1) is 12.4 Å². The van der Waals surface area contributed by atoms with Gasteiger partial charge in [-0.25, -0.2) is 0 Å². The van der Waals surface area contributed by atoms with Crippen molar-refractivity contribution in [2.45, 2.75) is 13.0 Å². The summed E-state index contributed by atoms with van der Waals surface area (Å²) in [6.45, 7) is 5.16. The van der Waals surface area contributed by atoms with Crippen molar-refractivity contribution in [3.05, 3.63) is 17.7 Å². The average molecular weight is 317 g/mol. The van der Waals surface area contributed by atoms with Crippen LogP contribution in [0.1, 0.15) is 12.0 Å². The molecule has 1 aromatic rings. The van der Waals surface area contributed by atoms with Crippen LogP contribution in [0, 0.1) is 0 Å². The molecule has 0 aliphatic carbocycles. The van der Waals surface area contributed by atoms with Gasteiger partial charge in [0.2, 0.25) is 5.75 Å². The molecule has 1 aliphatic heterocycles. The van der Waals surface area contributed by atoms with Gasteiger partial charge in [-0.2, -0.15) is 0 Å². The van der Waals surface area contributed by atoms with Gasteiger partial charge in [-0.3, -0.25) is 4.90 Å². The minimum absolute atomic E-state index is 0. The Morgan fingerprint density at radius 2 is 1.76 bits per heavy atom. The lowest BCUT2D eigenvalue weighted by Gasteiger charge is -2.22. The zero-order valence-corrected chi connectivity index (χ0v) is 13.8. The highest BCUT2D eigenvalue weighted by Gasteiger charge is 2.18. The van der Waals surface area contributed by atoms with Crippen molar-refractivity contribution < 1.29 is 14.2 Å². The molecule has 0 bridgehead atoms. The highest BCUT2D eigenvalue weighted by molar-refractivity contribution is 5.85. The molecule has 0 aromatic heterocycles. The second-order valence-corrected chi connectivity index (χ2v) is 4.87. The van der Waals surface area contributed by atoms with E-state index in [1.165, 1.54) is 6.42 Å². The number of halogens is 1. The lowest BCUT2D eigenvalue weighted by atomic mass is 10.1. The largest absolute Gasteiger partial charge is 0.493 e. The molecular formula is C15H25ClN2O3. The SMILES string of the molecule is COc1ccc(CN2CCCNCC2)c(OC)c1OC.Cl. The second kappa shape index (κ2) is 8.97. The molecule has 0 spiro atoms. The van der Waals surface area contributed by atoms with E-state index in [1.807, 2.05) is 6.07 Å². The van der Waals surface area contributed by atoms with Gasteiger partial charge in [-0.05, 0) is 25.6 Å². The minimum atomic E-state index is 0. The normalized spacial score (nSPS) is 15.8. The molecule has 5 nitrogen and oxygen atoms in total. The van der Waals surface area contributed by atoms with Gasteiger partial charge < -0.3 is 19.5 Å². The van der Waals surface area contributed by atoms with E-state index < -0.39 is 0 Å². The topological polar surface area (TPSA) is 43.0 Å². The third-order valence-corrected chi connectivity index (χ3v) is 3.61. The third kappa shape index (κ3) is 4.40. The fraction of sp³-hybridized carbons (Fsp3) is 0.600. The molecule has 6 heteroatoms. The standard InChI is InChI=1S/C15H24N2O3.ClH/c1-18-13-6-5-12(14(19-2)15(13)20-3)11-17-9-4-7-16-8-10-17;/h5-6,16H,4,7-11H2,1-3H3;1H. The summed E-state index contributed by atoms with van der Waals surface area (Å²) < 4.78 is 16.3. The molecule has 1 saturated heterocycles. The molecule has 1 aliphatic rings. The Hall–Kier alpha value is -1.17. The predicted molar refractivity (Wildman–Crippen MR) is 86.1 cm³/mol. The molecule has 1 heterocycles. The number of ether oxygens (including phenoxy) is 3. The van der Waals surface area contributed by atoms with Gasteiger partial charge in [0, 0.05) is 25.2 Å². The summed E-state index contributed by atoms with van der Waals surface area (Å²) in [5.74, 6) is 2.13. The fourth-order valence-electron chi connectivity index (χ4n) is 2.59. The Bertz CT molecular complexity index is 435. The summed E-state index contributed by atoms with van der Waals surface area (Å²) in [5.41, 5.74) is 1.13. The molecule has 0 atom stereocenters. The maximum Gasteiger partial charge on any atom is 0.203 e. The zero-order chi connectivity index (χ0) is 14.4. The lowest BCUT2D eigenvalue weighted by molar-refractivity contribution is 0.273. The van der Waals surface area contributed by atoms with Crippen LogP contribution in [0.3, 0.4) is 0 Å². The number of nitrogens with one attached hydrogen (secondary N) is 1. The van der Waals surface area contributed by atoms with Crippen LogP contribution in [0.15, 0.2) is 12.1 Å². The average Bonchev–Trinajstić information content (AvgIpc) is 2.75. The summed E-state index contributed by atoms with van der Waals surface area (Å²) in [6, 6.07) is 3.99. The molecule has 21 heavy (non-hydrogen) atoms. The van der Waals surface area contributed by atoms with Gasteiger partial charge >= 0.3 is 0 Å². The highest BCUT2D eigenvalue weighted by atomic mass is 35.5. The Morgan fingerprint density at radius 3 is 2.43 bits per heavy atom.